The summed E-state index contributed by atoms with van der Waals surface area (Å²) in [7, 11) is -3.53. The van der Waals surface area contributed by atoms with E-state index < -0.39 is 37.8 Å². The van der Waals surface area contributed by atoms with E-state index in [1.54, 1.807) is 19.2 Å². The Bertz CT molecular complexity index is 1330. The van der Waals surface area contributed by atoms with Gasteiger partial charge in [-0.2, -0.15) is 5.10 Å². The Hall–Kier alpha value is -2.81. The Kier molecular flexibility index (Phi) is 4.85. The molecule has 3 heterocycles. The summed E-state index contributed by atoms with van der Waals surface area (Å²) in [6.45, 7) is 2.32. The second kappa shape index (κ2) is 7.37. The summed E-state index contributed by atoms with van der Waals surface area (Å²) in [5, 5.41) is 4.19. The van der Waals surface area contributed by atoms with Crippen molar-refractivity contribution in [2.45, 2.75) is 43.4 Å². The van der Waals surface area contributed by atoms with Crippen LogP contribution in [0.2, 0.25) is 0 Å². The summed E-state index contributed by atoms with van der Waals surface area (Å²) in [6, 6.07) is 6.72. The molecular weight excluding hydrogens is 436 g/mol. The van der Waals surface area contributed by atoms with E-state index in [2.05, 4.69) is 5.10 Å². The number of carbonyl (C=O) groups excluding carboxylic acids is 1. The number of anilines is 1. The van der Waals surface area contributed by atoms with E-state index in [1.165, 1.54) is 16.8 Å². The zero-order valence-electron chi connectivity index (χ0n) is 17.6. The molecule has 1 aliphatic carbocycles. The Morgan fingerprint density at radius 3 is 2.75 bits per heavy atom. The van der Waals surface area contributed by atoms with Crippen LogP contribution in [0.5, 0.6) is 0 Å². The maximum absolute atomic E-state index is 14.4. The molecule has 168 valence electrons. The number of hydrogen-bond donors (Lipinski definition) is 0. The highest BCUT2D eigenvalue weighted by Crippen LogP contribution is 2.43. The molecule has 1 atom stereocenters. The van der Waals surface area contributed by atoms with Crippen LogP contribution in [0.4, 0.5) is 14.5 Å². The molecule has 2 fully saturated rings. The van der Waals surface area contributed by atoms with Gasteiger partial charge >= 0.3 is 0 Å². The van der Waals surface area contributed by atoms with Gasteiger partial charge in [-0.3, -0.25) is 4.79 Å². The van der Waals surface area contributed by atoms with E-state index in [-0.39, 0.29) is 11.6 Å². The molecule has 9 heteroatoms. The minimum absolute atomic E-state index is 0.243. The largest absolute Gasteiger partial charge is 0.364 e. The standard InChI is InChI=1S/C23H23F2N3O3S/c1-23(7-8-23)32(30,31)14-22(29)18-13-26-28-10-6-16(12-21(18)28)27-9-2-3-20(27)17-11-15(24)4-5-19(17)25/h4-6,10-13,20H,2-3,7-9,14H2,1H3/t20-/m1/s1. The monoisotopic (exact) mass is 459 g/mol. The normalized spacial score (nSPS) is 20.1. The van der Waals surface area contributed by atoms with Crippen LogP contribution < -0.4 is 4.90 Å². The Morgan fingerprint density at radius 1 is 1.22 bits per heavy atom. The number of pyridine rings is 1. The first-order valence-electron chi connectivity index (χ1n) is 10.6. The topological polar surface area (TPSA) is 71.7 Å². The lowest BCUT2D eigenvalue weighted by Gasteiger charge is -2.27. The Morgan fingerprint density at radius 2 is 2.00 bits per heavy atom. The third-order valence-corrected chi connectivity index (χ3v) is 9.29. The molecule has 1 saturated carbocycles. The molecule has 32 heavy (non-hydrogen) atoms. The predicted octanol–water partition coefficient (Wildman–Crippen LogP) is 4.10. The summed E-state index contributed by atoms with van der Waals surface area (Å²) >= 11 is 0. The van der Waals surface area contributed by atoms with Crippen LogP contribution in [0, 0.1) is 11.6 Å². The van der Waals surface area contributed by atoms with Gasteiger partial charge in [-0.05, 0) is 62.9 Å². The Labute approximate surface area is 184 Å². The maximum Gasteiger partial charge on any atom is 0.181 e. The van der Waals surface area contributed by atoms with Gasteiger partial charge in [-0.25, -0.2) is 21.7 Å². The summed E-state index contributed by atoms with van der Waals surface area (Å²) < 4.78 is 54.1. The third-order valence-electron chi connectivity index (χ3n) is 6.73. The highest BCUT2D eigenvalue weighted by atomic mass is 32.2. The Balaban J connectivity index is 1.48. The van der Waals surface area contributed by atoms with E-state index in [1.807, 2.05) is 11.0 Å². The van der Waals surface area contributed by atoms with Crippen LogP contribution in [0.3, 0.4) is 0 Å². The smallest absolute Gasteiger partial charge is 0.181 e. The van der Waals surface area contributed by atoms with Crippen molar-refractivity contribution in [3.63, 3.8) is 0 Å². The second-order valence-corrected chi connectivity index (χ2v) is 11.4. The van der Waals surface area contributed by atoms with Crippen molar-refractivity contribution < 1.29 is 22.0 Å². The van der Waals surface area contributed by atoms with Crippen LogP contribution in [-0.2, 0) is 9.84 Å². The number of fused-ring (bicyclic) bond motifs is 1. The highest BCUT2D eigenvalue weighted by molar-refractivity contribution is 7.93. The molecular formula is C23H23F2N3O3S. The minimum atomic E-state index is -3.53. The molecule has 1 saturated heterocycles. The molecule has 1 aliphatic heterocycles. The van der Waals surface area contributed by atoms with E-state index in [0.29, 0.717) is 36.9 Å². The van der Waals surface area contributed by atoms with Crippen LogP contribution in [0.25, 0.3) is 5.52 Å². The molecule has 1 aromatic carbocycles. The lowest BCUT2D eigenvalue weighted by Crippen LogP contribution is -2.27. The maximum atomic E-state index is 14.4. The highest BCUT2D eigenvalue weighted by Gasteiger charge is 2.50. The van der Waals surface area contributed by atoms with Crippen molar-refractivity contribution in [2.24, 2.45) is 0 Å². The zero-order valence-corrected chi connectivity index (χ0v) is 18.4. The molecule has 2 aromatic heterocycles. The quantitative estimate of drug-likeness (QED) is 0.519. The van der Waals surface area contributed by atoms with Gasteiger partial charge in [0.2, 0.25) is 0 Å². The van der Waals surface area contributed by atoms with Crippen LogP contribution in [0.15, 0.2) is 42.7 Å². The first-order chi connectivity index (χ1) is 15.2. The molecule has 0 bridgehead atoms. The van der Waals surface area contributed by atoms with Crippen molar-refractivity contribution in [1.29, 1.82) is 0 Å². The van der Waals surface area contributed by atoms with Gasteiger partial charge in [0.05, 0.1) is 28.1 Å². The van der Waals surface area contributed by atoms with Crippen molar-refractivity contribution >= 4 is 26.8 Å². The van der Waals surface area contributed by atoms with Crippen molar-refractivity contribution in [2.75, 3.05) is 17.2 Å². The fourth-order valence-electron chi connectivity index (χ4n) is 4.44. The number of benzene rings is 1. The van der Waals surface area contributed by atoms with Gasteiger partial charge in [0.1, 0.15) is 17.4 Å². The van der Waals surface area contributed by atoms with Crippen molar-refractivity contribution in [1.82, 2.24) is 9.61 Å². The number of aromatic nitrogens is 2. The average Bonchev–Trinajstić information content (AvgIpc) is 3.16. The average molecular weight is 460 g/mol. The number of Topliss-reactive ketones (excluding diaryl/α,β-unsaturated/α-hetero) is 1. The zero-order chi connectivity index (χ0) is 22.7. The van der Waals surface area contributed by atoms with Gasteiger partial charge in [0, 0.05) is 24.0 Å². The number of sulfone groups is 1. The SMILES string of the molecule is CC1(S(=O)(=O)CC(=O)c2cnn3ccc(N4CCC[C@@H]4c4cc(F)ccc4F)cc23)CC1. The fourth-order valence-corrected chi connectivity index (χ4v) is 6.02. The van der Waals surface area contributed by atoms with Crippen LogP contribution in [0.1, 0.15) is 54.6 Å². The molecule has 0 amide bonds. The lowest BCUT2D eigenvalue weighted by atomic mass is 10.0. The molecule has 3 aromatic rings. The molecule has 0 radical (unpaired) electrons. The van der Waals surface area contributed by atoms with E-state index in [4.69, 9.17) is 0 Å². The van der Waals surface area contributed by atoms with Gasteiger partial charge in [0.15, 0.2) is 15.6 Å². The molecule has 0 N–H and O–H groups in total. The molecule has 0 unspecified atom stereocenters. The molecule has 2 aliphatic rings. The number of rotatable bonds is 6. The predicted molar refractivity (Wildman–Crippen MR) is 117 cm³/mol. The lowest BCUT2D eigenvalue weighted by molar-refractivity contribution is 0.102. The minimum Gasteiger partial charge on any atom is -0.364 e. The van der Waals surface area contributed by atoms with E-state index in [9.17, 15) is 22.0 Å². The number of hydrogen-bond acceptors (Lipinski definition) is 5. The number of carbonyl (C=O) groups is 1. The van der Waals surface area contributed by atoms with Crippen molar-refractivity contribution in [3.8, 4) is 0 Å². The summed E-state index contributed by atoms with van der Waals surface area (Å²) in [4.78, 5) is 14.9. The number of ketones is 1. The molecule has 0 spiro atoms. The van der Waals surface area contributed by atoms with Gasteiger partial charge in [-0.15, -0.1) is 0 Å². The molecule has 6 nitrogen and oxygen atoms in total. The summed E-state index contributed by atoms with van der Waals surface area (Å²) in [5.74, 6) is -1.98. The van der Waals surface area contributed by atoms with Crippen LogP contribution >= 0.6 is 0 Å². The summed E-state index contributed by atoms with van der Waals surface area (Å²) in [6.07, 6.45) is 5.72. The van der Waals surface area contributed by atoms with Crippen molar-refractivity contribution in [3.05, 3.63) is 65.5 Å². The van der Waals surface area contributed by atoms with Gasteiger partial charge in [-0.1, -0.05) is 0 Å². The summed E-state index contributed by atoms with van der Waals surface area (Å²) in [5.41, 5.74) is 1.78. The second-order valence-electron chi connectivity index (χ2n) is 8.92. The molecule has 5 rings (SSSR count). The fraction of sp³-hybridized carbons (Fsp3) is 0.391. The first kappa shape index (κ1) is 21.1. The van der Waals surface area contributed by atoms with Gasteiger partial charge < -0.3 is 4.90 Å². The van der Waals surface area contributed by atoms with E-state index in [0.717, 1.165) is 24.2 Å². The number of nitrogens with zero attached hydrogens (tertiary/aromatic N) is 3. The third kappa shape index (κ3) is 3.48. The van der Waals surface area contributed by atoms with Gasteiger partial charge in [0.25, 0.3) is 0 Å². The number of halogens is 2. The van der Waals surface area contributed by atoms with Crippen LogP contribution in [-0.4, -0.2) is 40.9 Å². The van der Waals surface area contributed by atoms with E-state index >= 15 is 0 Å². The first-order valence-corrected chi connectivity index (χ1v) is 12.3.